The van der Waals surface area contributed by atoms with Gasteiger partial charge in [-0.05, 0) is 6.07 Å². The Hall–Kier alpha value is -1.98. The Balaban J connectivity index is 3.36. The van der Waals surface area contributed by atoms with Crippen molar-refractivity contribution in [3.8, 4) is 5.75 Å². The summed E-state index contributed by atoms with van der Waals surface area (Å²) in [5.74, 6) is -0.252. The van der Waals surface area contributed by atoms with E-state index in [0.29, 0.717) is 0 Å². The van der Waals surface area contributed by atoms with Gasteiger partial charge in [-0.3, -0.25) is 10.1 Å². The van der Waals surface area contributed by atoms with Crippen molar-refractivity contribution in [2.75, 3.05) is 11.5 Å². The molecule has 0 aliphatic heterocycles. The molecule has 64 valence electrons. The van der Waals surface area contributed by atoms with Crippen LogP contribution >= 0.6 is 0 Å². The van der Waals surface area contributed by atoms with Crippen LogP contribution in [0.25, 0.3) is 0 Å². The predicted octanol–water partition coefficient (Wildman–Crippen LogP) is 0.465. The molecule has 0 atom stereocenters. The van der Waals surface area contributed by atoms with Crippen LogP contribution in [0.1, 0.15) is 0 Å². The fraction of sp³-hybridized carbons (Fsp3) is 0. The van der Waals surface area contributed by atoms with Gasteiger partial charge in [0.25, 0.3) is 5.69 Å². The number of aromatic hydroxyl groups is 1. The molecule has 0 saturated carbocycles. The number of nitrogens with two attached hydrogens (primary N) is 2. The summed E-state index contributed by atoms with van der Waals surface area (Å²) in [6.45, 7) is 0. The van der Waals surface area contributed by atoms with Crippen molar-refractivity contribution in [1.29, 1.82) is 0 Å². The van der Waals surface area contributed by atoms with Crippen LogP contribution in [0.5, 0.6) is 5.75 Å². The van der Waals surface area contributed by atoms with E-state index in [4.69, 9.17) is 16.6 Å². The first-order valence-electron chi connectivity index (χ1n) is 3.05. The zero-order valence-corrected chi connectivity index (χ0v) is 6.02. The number of anilines is 2. The molecule has 0 unspecified atom stereocenters. The number of nitro groups is 1. The molecule has 0 aliphatic rings. The molecule has 0 bridgehead atoms. The maximum Gasteiger partial charge on any atom is 0.294 e. The van der Waals surface area contributed by atoms with Crippen LogP contribution in [0, 0.1) is 10.1 Å². The molecule has 12 heavy (non-hydrogen) atoms. The van der Waals surface area contributed by atoms with Crippen LogP contribution in [-0.2, 0) is 0 Å². The van der Waals surface area contributed by atoms with E-state index in [1.54, 1.807) is 0 Å². The van der Waals surface area contributed by atoms with Crippen molar-refractivity contribution in [2.45, 2.75) is 0 Å². The third-order valence-electron chi connectivity index (χ3n) is 1.44. The number of hydrogen-bond donors (Lipinski definition) is 3. The largest absolute Gasteiger partial charge is 0.506 e. The summed E-state index contributed by atoms with van der Waals surface area (Å²) in [6.07, 6.45) is 0. The SMILES string of the molecule is Nc1c(O)ccc([N+](=O)[O-])c1N. The Morgan fingerprint density at radius 3 is 2.42 bits per heavy atom. The van der Waals surface area contributed by atoms with E-state index in [9.17, 15) is 10.1 Å². The first-order chi connectivity index (χ1) is 5.54. The molecule has 6 heteroatoms. The average Bonchev–Trinajstić information content (AvgIpc) is 2.00. The van der Waals surface area contributed by atoms with E-state index >= 15 is 0 Å². The summed E-state index contributed by atoms with van der Waals surface area (Å²) in [7, 11) is 0. The van der Waals surface area contributed by atoms with Crippen molar-refractivity contribution >= 4 is 17.1 Å². The molecule has 0 aromatic heterocycles. The average molecular weight is 169 g/mol. The van der Waals surface area contributed by atoms with Gasteiger partial charge in [0.2, 0.25) is 0 Å². The Morgan fingerprint density at radius 1 is 1.33 bits per heavy atom. The number of hydrogen-bond acceptors (Lipinski definition) is 5. The molecule has 0 fully saturated rings. The van der Waals surface area contributed by atoms with Crippen LogP contribution in [0.4, 0.5) is 17.1 Å². The van der Waals surface area contributed by atoms with Crippen LogP contribution in [0.3, 0.4) is 0 Å². The Kier molecular flexibility index (Phi) is 1.74. The molecular formula is C6H7N3O3. The molecular weight excluding hydrogens is 162 g/mol. The monoisotopic (exact) mass is 169 g/mol. The number of nitrogen functional groups attached to an aromatic ring is 2. The van der Waals surface area contributed by atoms with E-state index in [0.717, 1.165) is 12.1 Å². The summed E-state index contributed by atoms with van der Waals surface area (Å²) >= 11 is 0. The van der Waals surface area contributed by atoms with Gasteiger partial charge < -0.3 is 16.6 Å². The smallest absolute Gasteiger partial charge is 0.294 e. The summed E-state index contributed by atoms with van der Waals surface area (Å²) in [6, 6.07) is 2.23. The number of nitro benzene ring substituents is 1. The fourth-order valence-electron chi connectivity index (χ4n) is 0.773. The lowest BCUT2D eigenvalue weighted by Gasteiger charge is -2.02. The fourth-order valence-corrected chi connectivity index (χ4v) is 0.773. The highest BCUT2D eigenvalue weighted by atomic mass is 16.6. The molecule has 5 N–H and O–H groups in total. The quantitative estimate of drug-likeness (QED) is 0.244. The van der Waals surface area contributed by atoms with Gasteiger partial charge in [-0.1, -0.05) is 0 Å². The third-order valence-corrected chi connectivity index (χ3v) is 1.44. The second kappa shape index (κ2) is 2.57. The lowest BCUT2D eigenvalue weighted by atomic mass is 10.2. The Labute approximate surface area is 67.6 Å². The summed E-state index contributed by atoms with van der Waals surface area (Å²) in [5, 5.41) is 19.3. The molecule has 1 aromatic rings. The van der Waals surface area contributed by atoms with Gasteiger partial charge >= 0.3 is 0 Å². The Bertz CT molecular complexity index is 337. The molecule has 0 aliphatic carbocycles. The normalized spacial score (nSPS) is 9.67. The molecule has 0 radical (unpaired) electrons. The highest BCUT2D eigenvalue weighted by molar-refractivity contribution is 5.78. The third kappa shape index (κ3) is 1.09. The van der Waals surface area contributed by atoms with E-state index < -0.39 is 4.92 Å². The number of nitrogens with zero attached hydrogens (tertiary/aromatic N) is 1. The van der Waals surface area contributed by atoms with Crippen molar-refractivity contribution < 1.29 is 10.0 Å². The highest BCUT2D eigenvalue weighted by Crippen LogP contribution is 2.33. The minimum absolute atomic E-state index is 0.163. The lowest BCUT2D eigenvalue weighted by molar-refractivity contribution is -0.383. The lowest BCUT2D eigenvalue weighted by Crippen LogP contribution is -2.00. The van der Waals surface area contributed by atoms with Crippen LogP contribution < -0.4 is 11.5 Å². The van der Waals surface area contributed by atoms with Gasteiger partial charge in [-0.15, -0.1) is 0 Å². The van der Waals surface area contributed by atoms with Crippen LogP contribution in [0.15, 0.2) is 12.1 Å². The minimum Gasteiger partial charge on any atom is -0.506 e. The molecule has 0 saturated heterocycles. The molecule has 1 rings (SSSR count). The second-order valence-electron chi connectivity index (χ2n) is 2.19. The van der Waals surface area contributed by atoms with Gasteiger partial charge in [-0.25, -0.2) is 0 Å². The highest BCUT2D eigenvalue weighted by Gasteiger charge is 2.15. The maximum atomic E-state index is 10.3. The standard InChI is InChI=1S/C6H7N3O3/c7-5-3(9(11)12)1-2-4(10)6(5)8/h1-2,10H,7-8H2. The van der Waals surface area contributed by atoms with Gasteiger partial charge in [0.1, 0.15) is 17.1 Å². The van der Waals surface area contributed by atoms with Gasteiger partial charge in [0, 0.05) is 6.07 Å². The number of phenolic OH excluding ortho intramolecular Hbond substituents is 1. The zero-order valence-electron chi connectivity index (χ0n) is 6.02. The van der Waals surface area contributed by atoms with E-state index in [1.807, 2.05) is 0 Å². The molecule has 1 aromatic carbocycles. The van der Waals surface area contributed by atoms with E-state index in [1.165, 1.54) is 0 Å². The van der Waals surface area contributed by atoms with E-state index in [-0.39, 0.29) is 22.8 Å². The summed E-state index contributed by atoms with van der Waals surface area (Å²) in [5.41, 5.74) is 9.83. The van der Waals surface area contributed by atoms with Crippen LogP contribution in [0.2, 0.25) is 0 Å². The van der Waals surface area contributed by atoms with Gasteiger partial charge in [0.05, 0.1) is 4.92 Å². The maximum absolute atomic E-state index is 10.3. The van der Waals surface area contributed by atoms with Crippen LogP contribution in [-0.4, -0.2) is 10.0 Å². The Morgan fingerprint density at radius 2 is 1.92 bits per heavy atom. The molecule has 6 nitrogen and oxygen atoms in total. The number of benzene rings is 1. The first kappa shape index (κ1) is 8.12. The van der Waals surface area contributed by atoms with Crippen molar-refractivity contribution in [1.82, 2.24) is 0 Å². The van der Waals surface area contributed by atoms with Crippen molar-refractivity contribution in [3.05, 3.63) is 22.2 Å². The number of phenols is 1. The zero-order chi connectivity index (χ0) is 9.30. The van der Waals surface area contributed by atoms with E-state index in [2.05, 4.69) is 0 Å². The van der Waals surface area contributed by atoms with Crippen molar-refractivity contribution in [3.63, 3.8) is 0 Å². The van der Waals surface area contributed by atoms with Gasteiger partial charge in [-0.2, -0.15) is 0 Å². The first-order valence-corrected chi connectivity index (χ1v) is 3.05. The molecule has 0 amide bonds. The predicted molar refractivity (Wildman–Crippen MR) is 43.6 cm³/mol. The summed E-state index contributed by atoms with van der Waals surface area (Å²) in [4.78, 5) is 9.61. The molecule has 0 spiro atoms. The van der Waals surface area contributed by atoms with Gasteiger partial charge in [0.15, 0.2) is 0 Å². The topological polar surface area (TPSA) is 115 Å². The minimum atomic E-state index is -0.662. The second-order valence-corrected chi connectivity index (χ2v) is 2.19. The summed E-state index contributed by atoms with van der Waals surface area (Å²) < 4.78 is 0. The number of rotatable bonds is 1. The van der Waals surface area contributed by atoms with Crippen molar-refractivity contribution in [2.24, 2.45) is 0 Å². The molecule has 0 heterocycles.